The number of benzene rings is 1. The molecule has 1 amide bonds. The SMILES string of the molecule is O=C1CNc2ncc(I)cc2N1Cc1ccccc1OC(F)(F)F. The van der Waals surface area contributed by atoms with Crippen LogP contribution >= 0.6 is 22.6 Å². The van der Waals surface area contributed by atoms with E-state index < -0.39 is 6.36 Å². The van der Waals surface area contributed by atoms with E-state index in [0.717, 1.165) is 3.57 Å². The molecule has 1 N–H and O–H groups in total. The van der Waals surface area contributed by atoms with Crippen molar-refractivity contribution in [3.05, 3.63) is 45.7 Å². The van der Waals surface area contributed by atoms with Crippen molar-refractivity contribution >= 4 is 40.0 Å². The molecule has 1 aliphatic heterocycles. The average molecular weight is 449 g/mol. The molecule has 0 spiro atoms. The highest BCUT2D eigenvalue weighted by Crippen LogP contribution is 2.33. The second-order valence-corrected chi connectivity index (χ2v) is 6.26. The van der Waals surface area contributed by atoms with E-state index in [1.54, 1.807) is 18.3 Å². The molecule has 9 heteroatoms. The monoisotopic (exact) mass is 449 g/mol. The predicted octanol–water partition coefficient (Wildman–Crippen LogP) is 3.54. The van der Waals surface area contributed by atoms with Crippen LogP contribution in [0.4, 0.5) is 24.7 Å². The number of nitrogens with one attached hydrogen (secondary N) is 1. The van der Waals surface area contributed by atoms with E-state index in [0.29, 0.717) is 11.5 Å². The fourth-order valence-electron chi connectivity index (χ4n) is 2.36. The Morgan fingerprint density at radius 1 is 1.33 bits per heavy atom. The molecule has 0 aliphatic carbocycles. The molecule has 0 radical (unpaired) electrons. The molecular formula is C15H11F3IN3O2. The van der Waals surface area contributed by atoms with Gasteiger partial charge in [0, 0.05) is 15.3 Å². The Hall–Kier alpha value is -2.04. The van der Waals surface area contributed by atoms with Crippen molar-refractivity contribution in [2.75, 3.05) is 16.8 Å². The van der Waals surface area contributed by atoms with Crippen LogP contribution in [0.15, 0.2) is 36.5 Å². The quantitative estimate of drug-likeness (QED) is 0.729. The zero-order chi connectivity index (χ0) is 17.3. The Balaban J connectivity index is 1.95. The van der Waals surface area contributed by atoms with E-state index in [1.807, 2.05) is 0 Å². The fraction of sp³-hybridized carbons (Fsp3) is 0.200. The van der Waals surface area contributed by atoms with Gasteiger partial charge in [-0.3, -0.25) is 4.79 Å². The minimum Gasteiger partial charge on any atom is -0.405 e. The van der Waals surface area contributed by atoms with Gasteiger partial charge >= 0.3 is 6.36 Å². The number of nitrogens with zero attached hydrogens (tertiary/aromatic N) is 2. The standard InChI is InChI=1S/C15H11F3IN3O2/c16-15(17,18)24-12-4-2-1-3-9(12)8-22-11-5-10(19)6-20-14(11)21-7-13(22)23/h1-6H,7-8H2,(H,20,21). The molecule has 0 atom stereocenters. The molecular weight excluding hydrogens is 438 g/mol. The maximum Gasteiger partial charge on any atom is 0.573 e. The van der Waals surface area contributed by atoms with Gasteiger partial charge < -0.3 is 15.0 Å². The fourth-order valence-corrected chi connectivity index (χ4v) is 2.80. The van der Waals surface area contributed by atoms with Gasteiger partial charge in [-0.2, -0.15) is 0 Å². The first-order valence-corrected chi connectivity index (χ1v) is 7.95. The third kappa shape index (κ3) is 3.71. The van der Waals surface area contributed by atoms with Crippen LogP contribution in [0.5, 0.6) is 5.75 Å². The number of amides is 1. The largest absolute Gasteiger partial charge is 0.573 e. The number of carbonyl (C=O) groups is 1. The first-order valence-electron chi connectivity index (χ1n) is 6.87. The number of rotatable bonds is 3. The van der Waals surface area contributed by atoms with Crippen LogP contribution in [-0.2, 0) is 11.3 Å². The molecule has 1 aromatic carbocycles. The number of para-hydroxylation sites is 1. The van der Waals surface area contributed by atoms with E-state index in [-0.39, 0.29) is 30.3 Å². The van der Waals surface area contributed by atoms with Gasteiger partial charge in [-0.15, -0.1) is 13.2 Å². The van der Waals surface area contributed by atoms with Crippen LogP contribution in [0.3, 0.4) is 0 Å². The van der Waals surface area contributed by atoms with E-state index in [9.17, 15) is 18.0 Å². The molecule has 0 saturated carbocycles. The maximum absolute atomic E-state index is 12.5. The van der Waals surface area contributed by atoms with Gasteiger partial charge in [-0.25, -0.2) is 4.98 Å². The molecule has 126 valence electrons. The minimum absolute atomic E-state index is 0.0306. The number of fused-ring (bicyclic) bond motifs is 1. The predicted molar refractivity (Wildman–Crippen MR) is 89.8 cm³/mol. The molecule has 0 bridgehead atoms. The first kappa shape index (κ1) is 16.8. The summed E-state index contributed by atoms with van der Waals surface area (Å²) in [5.74, 6) is -0.0613. The highest BCUT2D eigenvalue weighted by molar-refractivity contribution is 14.1. The first-order chi connectivity index (χ1) is 11.3. The van der Waals surface area contributed by atoms with E-state index in [4.69, 9.17) is 0 Å². The average Bonchev–Trinajstić information content (AvgIpc) is 2.50. The van der Waals surface area contributed by atoms with Crippen molar-refractivity contribution in [2.45, 2.75) is 12.9 Å². The molecule has 0 unspecified atom stereocenters. The van der Waals surface area contributed by atoms with Crippen molar-refractivity contribution < 1.29 is 22.7 Å². The summed E-state index contributed by atoms with van der Waals surface area (Å²) >= 11 is 2.06. The Bertz CT molecular complexity index is 783. The maximum atomic E-state index is 12.5. The van der Waals surface area contributed by atoms with Crippen LogP contribution < -0.4 is 15.0 Å². The molecule has 1 aliphatic rings. The number of alkyl halides is 3. The lowest BCUT2D eigenvalue weighted by molar-refractivity contribution is -0.274. The van der Waals surface area contributed by atoms with Gasteiger partial charge in [0.1, 0.15) is 5.75 Å². The van der Waals surface area contributed by atoms with Crippen LogP contribution in [0.25, 0.3) is 0 Å². The lowest BCUT2D eigenvalue weighted by atomic mass is 10.1. The molecule has 1 aromatic heterocycles. The van der Waals surface area contributed by atoms with Gasteiger partial charge in [0.15, 0.2) is 5.82 Å². The Morgan fingerprint density at radius 2 is 2.08 bits per heavy atom. The summed E-state index contributed by atoms with van der Waals surface area (Å²) in [4.78, 5) is 17.8. The van der Waals surface area contributed by atoms with Crippen molar-refractivity contribution in [2.24, 2.45) is 0 Å². The molecule has 2 aromatic rings. The van der Waals surface area contributed by atoms with Crippen LogP contribution in [-0.4, -0.2) is 23.8 Å². The second kappa shape index (κ2) is 6.46. The lowest BCUT2D eigenvalue weighted by Gasteiger charge is -2.30. The van der Waals surface area contributed by atoms with Gasteiger partial charge in [0.05, 0.1) is 18.8 Å². The molecule has 5 nitrogen and oxygen atoms in total. The van der Waals surface area contributed by atoms with Gasteiger partial charge in [0.25, 0.3) is 0 Å². The zero-order valence-corrected chi connectivity index (χ0v) is 14.3. The smallest absolute Gasteiger partial charge is 0.405 e. The number of hydrogen-bond donors (Lipinski definition) is 1. The number of aromatic nitrogens is 1. The summed E-state index contributed by atoms with van der Waals surface area (Å²) in [6, 6.07) is 7.52. The number of anilines is 2. The summed E-state index contributed by atoms with van der Waals surface area (Å²) in [7, 11) is 0. The van der Waals surface area contributed by atoms with Crippen molar-refractivity contribution in [3.63, 3.8) is 0 Å². The molecule has 2 heterocycles. The van der Waals surface area contributed by atoms with E-state index in [1.165, 1.54) is 23.1 Å². The van der Waals surface area contributed by atoms with Crippen molar-refractivity contribution in [1.82, 2.24) is 4.98 Å². The van der Waals surface area contributed by atoms with Gasteiger partial charge in [-0.1, -0.05) is 18.2 Å². The Labute approximate surface area is 149 Å². The Morgan fingerprint density at radius 3 is 2.83 bits per heavy atom. The van der Waals surface area contributed by atoms with E-state index >= 15 is 0 Å². The van der Waals surface area contributed by atoms with E-state index in [2.05, 4.69) is 37.6 Å². The molecule has 0 saturated heterocycles. The highest BCUT2D eigenvalue weighted by atomic mass is 127. The summed E-state index contributed by atoms with van der Waals surface area (Å²) in [5, 5.41) is 2.89. The third-order valence-corrected chi connectivity index (χ3v) is 3.95. The number of carbonyl (C=O) groups excluding carboxylic acids is 1. The summed E-state index contributed by atoms with van der Waals surface area (Å²) < 4.78 is 42.5. The van der Waals surface area contributed by atoms with Gasteiger partial charge in [-0.05, 0) is 34.7 Å². The molecule has 24 heavy (non-hydrogen) atoms. The summed E-state index contributed by atoms with van der Waals surface area (Å²) in [5.41, 5.74) is 0.787. The number of halogens is 4. The zero-order valence-electron chi connectivity index (χ0n) is 12.1. The topological polar surface area (TPSA) is 54.5 Å². The van der Waals surface area contributed by atoms with Crippen LogP contribution in [0.2, 0.25) is 0 Å². The number of ether oxygens (including phenoxy) is 1. The normalized spacial score (nSPS) is 14.2. The second-order valence-electron chi connectivity index (χ2n) is 5.01. The lowest BCUT2D eigenvalue weighted by Crippen LogP contribution is -2.40. The van der Waals surface area contributed by atoms with Gasteiger partial charge in [0.2, 0.25) is 5.91 Å². The molecule has 3 rings (SSSR count). The van der Waals surface area contributed by atoms with Crippen molar-refractivity contribution in [3.8, 4) is 5.75 Å². The van der Waals surface area contributed by atoms with Crippen molar-refractivity contribution in [1.29, 1.82) is 0 Å². The Kier molecular flexibility index (Phi) is 4.52. The number of hydrogen-bond acceptors (Lipinski definition) is 4. The highest BCUT2D eigenvalue weighted by Gasteiger charge is 2.33. The van der Waals surface area contributed by atoms with Crippen LogP contribution in [0, 0.1) is 3.57 Å². The summed E-state index contributed by atoms with van der Waals surface area (Å²) in [6.45, 7) is -0.00950. The minimum atomic E-state index is -4.79. The third-order valence-electron chi connectivity index (χ3n) is 3.36. The number of pyridine rings is 1. The van der Waals surface area contributed by atoms with Crippen LogP contribution in [0.1, 0.15) is 5.56 Å². The summed E-state index contributed by atoms with van der Waals surface area (Å²) in [6.07, 6.45) is -3.15. The molecule has 0 fully saturated rings.